The van der Waals surface area contributed by atoms with Crippen LogP contribution in [0, 0.1) is 0 Å². The topological polar surface area (TPSA) is 66.9 Å². The van der Waals surface area contributed by atoms with Crippen molar-refractivity contribution in [1.29, 1.82) is 0 Å². The number of anilines is 1. The molecule has 22 heavy (non-hydrogen) atoms. The highest BCUT2D eigenvalue weighted by atomic mass is 16.1. The van der Waals surface area contributed by atoms with Gasteiger partial charge in [0.15, 0.2) is 0 Å². The molecule has 2 rings (SSSR count). The van der Waals surface area contributed by atoms with Crippen molar-refractivity contribution < 1.29 is 4.79 Å². The zero-order chi connectivity index (χ0) is 16.2. The molecule has 1 heterocycles. The Labute approximate surface area is 131 Å². The van der Waals surface area contributed by atoms with Gasteiger partial charge in [-0.15, -0.1) is 0 Å². The summed E-state index contributed by atoms with van der Waals surface area (Å²) in [4.78, 5) is 20.3. The molecule has 0 fully saturated rings. The lowest BCUT2D eigenvalue weighted by Crippen LogP contribution is -2.17. The molecule has 0 aliphatic rings. The molecule has 0 atom stereocenters. The molecule has 0 aliphatic heterocycles. The van der Waals surface area contributed by atoms with Crippen LogP contribution in [-0.4, -0.2) is 22.9 Å². The second-order valence-corrected chi connectivity index (χ2v) is 6.15. The quantitative estimate of drug-likeness (QED) is 0.911. The van der Waals surface area contributed by atoms with Gasteiger partial charge < -0.3 is 10.6 Å². The smallest absolute Gasteiger partial charge is 0.251 e. The van der Waals surface area contributed by atoms with Gasteiger partial charge in [-0.05, 0) is 23.8 Å². The maximum Gasteiger partial charge on any atom is 0.251 e. The van der Waals surface area contributed by atoms with Gasteiger partial charge in [-0.2, -0.15) is 0 Å². The Morgan fingerprint density at radius 1 is 1.14 bits per heavy atom. The van der Waals surface area contributed by atoms with Crippen LogP contribution in [0.1, 0.15) is 42.5 Å². The first-order chi connectivity index (χ1) is 10.4. The normalized spacial score (nSPS) is 11.1. The summed E-state index contributed by atoms with van der Waals surface area (Å²) in [6.07, 6.45) is 1.77. The molecule has 0 bridgehead atoms. The van der Waals surface area contributed by atoms with Gasteiger partial charge in [0.25, 0.3) is 5.91 Å². The monoisotopic (exact) mass is 298 g/mol. The van der Waals surface area contributed by atoms with Crippen LogP contribution in [0.25, 0.3) is 0 Å². The molecule has 0 spiro atoms. The summed E-state index contributed by atoms with van der Waals surface area (Å²) >= 11 is 0. The molecule has 1 amide bonds. The fraction of sp³-hybridized carbons (Fsp3) is 0.353. The number of hydrogen-bond acceptors (Lipinski definition) is 4. The van der Waals surface area contributed by atoms with E-state index in [-0.39, 0.29) is 11.3 Å². The molecule has 2 aromatic rings. The number of carbonyl (C=O) groups excluding carboxylic acids is 1. The van der Waals surface area contributed by atoms with E-state index in [1.165, 1.54) is 0 Å². The lowest BCUT2D eigenvalue weighted by molar-refractivity contribution is 0.0963. The van der Waals surface area contributed by atoms with Gasteiger partial charge in [0.2, 0.25) is 0 Å². The van der Waals surface area contributed by atoms with Crippen molar-refractivity contribution in [3.05, 3.63) is 53.5 Å². The fourth-order valence-electron chi connectivity index (χ4n) is 1.93. The fourth-order valence-corrected chi connectivity index (χ4v) is 1.93. The average Bonchev–Trinajstić information content (AvgIpc) is 2.52. The van der Waals surface area contributed by atoms with Crippen LogP contribution in [0.2, 0.25) is 0 Å². The van der Waals surface area contributed by atoms with Crippen molar-refractivity contribution in [3.8, 4) is 0 Å². The van der Waals surface area contributed by atoms with Crippen LogP contribution in [0.15, 0.2) is 36.5 Å². The van der Waals surface area contributed by atoms with Crippen LogP contribution in [-0.2, 0) is 12.0 Å². The molecule has 0 radical (unpaired) electrons. The third kappa shape index (κ3) is 4.04. The molecular formula is C17H22N4O. The Kier molecular flexibility index (Phi) is 4.75. The number of aromatic nitrogens is 2. The summed E-state index contributed by atoms with van der Waals surface area (Å²) in [6, 6.07) is 9.35. The van der Waals surface area contributed by atoms with Gasteiger partial charge in [0, 0.05) is 30.8 Å². The van der Waals surface area contributed by atoms with Gasteiger partial charge in [-0.3, -0.25) is 4.79 Å². The van der Waals surface area contributed by atoms with Crippen LogP contribution < -0.4 is 10.6 Å². The zero-order valence-corrected chi connectivity index (χ0v) is 13.5. The standard InChI is InChI=1S/C17H22N4O/c1-17(2,3)16-19-10-9-14(21-16)20-11-12-5-7-13(8-6-12)15(22)18-4/h5-10H,11H2,1-4H3,(H,18,22)(H,19,20,21). The molecule has 0 aliphatic carbocycles. The first-order valence-corrected chi connectivity index (χ1v) is 7.28. The highest BCUT2D eigenvalue weighted by molar-refractivity contribution is 5.93. The third-order valence-corrected chi connectivity index (χ3v) is 3.24. The number of carbonyl (C=O) groups is 1. The van der Waals surface area contributed by atoms with Crippen LogP contribution >= 0.6 is 0 Å². The number of rotatable bonds is 4. The van der Waals surface area contributed by atoms with Crippen LogP contribution in [0.3, 0.4) is 0 Å². The first-order valence-electron chi connectivity index (χ1n) is 7.28. The van der Waals surface area contributed by atoms with Crippen molar-refractivity contribution in [3.63, 3.8) is 0 Å². The number of amides is 1. The lowest BCUT2D eigenvalue weighted by Gasteiger charge is -2.17. The van der Waals surface area contributed by atoms with E-state index in [0.29, 0.717) is 12.1 Å². The van der Waals surface area contributed by atoms with Crippen molar-refractivity contribution in [1.82, 2.24) is 15.3 Å². The van der Waals surface area contributed by atoms with Crippen LogP contribution in [0.5, 0.6) is 0 Å². The number of nitrogens with zero attached hydrogens (tertiary/aromatic N) is 2. The summed E-state index contributed by atoms with van der Waals surface area (Å²) in [7, 11) is 1.62. The predicted molar refractivity (Wildman–Crippen MR) is 87.9 cm³/mol. The minimum absolute atomic E-state index is 0.0765. The summed E-state index contributed by atoms with van der Waals surface area (Å²) in [5, 5.41) is 5.89. The van der Waals surface area contributed by atoms with E-state index in [9.17, 15) is 4.79 Å². The molecule has 1 aromatic heterocycles. The van der Waals surface area contributed by atoms with Gasteiger partial charge >= 0.3 is 0 Å². The zero-order valence-electron chi connectivity index (χ0n) is 13.5. The molecule has 116 valence electrons. The maximum atomic E-state index is 11.5. The molecule has 5 nitrogen and oxygen atoms in total. The Morgan fingerprint density at radius 2 is 1.82 bits per heavy atom. The Morgan fingerprint density at radius 3 is 2.41 bits per heavy atom. The summed E-state index contributed by atoms with van der Waals surface area (Å²) in [5.74, 6) is 1.54. The van der Waals surface area contributed by atoms with Crippen molar-refractivity contribution in [2.75, 3.05) is 12.4 Å². The Balaban J connectivity index is 2.03. The molecular weight excluding hydrogens is 276 g/mol. The third-order valence-electron chi connectivity index (χ3n) is 3.24. The summed E-state index contributed by atoms with van der Waals surface area (Å²) < 4.78 is 0. The average molecular weight is 298 g/mol. The molecule has 0 saturated carbocycles. The van der Waals surface area contributed by atoms with E-state index in [4.69, 9.17) is 0 Å². The van der Waals surface area contributed by atoms with Gasteiger partial charge in [-0.1, -0.05) is 32.9 Å². The number of nitrogens with one attached hydrogen (secondary N) is 2. The molecule has 5 heteroatoms. The van der Waals surface area contributed by atoms with E-state index >= 15 is 0 Å². The Bertz CT molecular complexity index is 644. The molecule has 1 aromatic carbocycles. The lowest BCUT2D eigenvalue weighted by atomic mass is 9.96. The highest BCUT2D eigenvalue weighted by Crippen LogP contribution is 2.19. The number of benzene rings is 1. The van der Waals surface area contributed by atoms with Crippen molar-refractivity contribution in [2.24, 2.45) is 0 Å². The van der Waals surface area contributed by atoms with Gasteiger partial charge in [0.05, 0.1) is 0 Å². The first kappa shape index (κ1) is 15.9. The van der Waals surface area contributed by atoms with E-state index in [0.717, 1.165) is 17.2 Å². The second-order valence-electron chi connectivity index (χ2n) is 6.15. The molecule has 0 unspecified atom stereocenters. The van der Waals surface area contributed by atoms with E-state index in [2.05, 4.69) is 41.4 Å². The largest absolute Gasteiger partial charge is 0.366 e. The van der Waals surface area contributed by atoms with E-state index < -0.39 is 0 Å². The second kappa shape index (κ2) is 6.56. The summed E-state index contributed by atoms with van der Waals surface area (Å²) in [5.41, 5.74) is 1.67. The SMILES string of the molecule is CNC(=O)c1ccc(CNc2ccnc(C(C)(C)C)n2)cc1. The minimum atomic E-state index is -0.0786. The van der Waals surface area contributed by atoms with E-state index in [1.54, 1.807) is 13.2 Å². The van der Waals surface area contributed by atoms with Crippen LogP contribution in [0.4, 0.5) is 5.82 Å². The van der Waals surface area contributed by atoms with Crippen molar-refractivity contribution >= 4 is 11.7 Å². The van der Waals surface area contributed by atoms with Crippen molar-refractivity contribution in [2.45, 2.75) is 32.7 Å². The highest BCUT2D eigenvalue weighted by Gasteiger charge is 2.17. The molecule has 2 N–H and O–H groups in total. The minimum Gasteiger partial charge on any atom is -0.366 e. The maximum absolute atomic E-state index is 11.5. The van der Waals surface area contributed by atoms with E-state index in [1.807, 2.05) is 30.3 Å². The Hall–Kier alpha value is -2.43. The summed E-state index contributed by atoms with van der Waals surface area (Å²) in [6.45, 7) is 6.91. The van der Waals surface area contributed by atoms with Gasteiger partial charge in [-0.25, -0.2) is 9.97 Å². The predicted octanol–water partition coefficient (Wildman–Crippen LogP) is 2.75. The van der Waals surface area contributed by atoms with Gasteiger partial charge in [0.1, 0.15) is 11.6 Å². The number of hydrogen-bond donors (Lipinski definition) is 2. The molecule has 0 saturated heterocycles.